The molecule has 0 spiro atoms. The molecule has 1 saturated carbocycles. The van der Waals surface area contributed by atoms with Crippen molar-refractivity contribution < 1.29 is 4.74 Å². The molecule has 3 heteroatoms. The van der Waals surface area contributed by atoms with Crippen molar-refractivity contribution in [2.75, 3.05) is 19.7 Å². The van der Waals surface area contributed by atoms with Crippen LogP contribution in [0.15, 0.2) is 24.3 Å². The first-order chi connectivity index (χ1) is 10.3. The van der Waals surface area contributed by atoms with Crippen LogP contribution in [-0.4, -0.2) is 36.7 Å². The van der Waals surface area contributed by atoms with Gasteiger partial charge in [-0.3, -0.25) is 4.90 Å². The summed E-state index contributed by atoms with van der Waals surface area (Å²) in [5.41, 5.74) is 2.83. The van der Waals surface area contributed by atoms with Gasteiger partial charge in [0, 0.05) is 32.3 Å². The number of hydrogen-bond acceptors (Lipinski definition) is 3. The fraction of sp³-hybridized carbons (Fsp3) is 0.667. The monoisotopic (exact) mass is 288 g/mol. The minimum atomic E-state index is 0.449. The maximum absolute atomic E-state index is 5.77. The topological polar surface area (TPSA) is 24.5 Å². The van der Waals surface area contributed by atoms with Crippen LogP contribution in [0.2, 0.25) is 0 Å². The van der Waals surface area contributed by atoms with E-state index in [1.54, 1.807) is 0 Å². The maximum atomic E-state index is 5.77. The first kappa shape index (κ1) is 15.0. The van der Waals surface area contributed by atoms with Gasteiger partial charge in [-0.15, -0.1) is 0 Å². The van der Waals surface area contributed by atoms with E-state index in [-0.39, 0.29) is 0 Å². The molecule has 1 aromatic rings. The fourth-order valence-electron chi connectivity index (χ4n) is 3.03. The Morgan fingerprint density at radius 1 is 1.24 bits per heavy atom. The van der Waals surface area contributed by atoms with Gasteiger partial charge in [0.15, 0.2) is 0 Å². The van der Waals surface area contributed by atoms with Crippen molar-refractivity contribution in [2.45, 2.75) is 57.8 Å². The molecule has 0 bridgehead atoms. The van der Waals surface area contributed by atoms with Gasteiger partial charge in [0.2, 0.25) is 0 Å². The van der Waals surface area contributed by atoms with Gasteiger partial charge in [-0.1, -0.05) is 31.2 Å². The Kier molecular flexibility index (Phi) is 5.28. The molecule has 1 aliphatic carbocycles. The third-order valence-corrected chi connectivity index (χ3v) is 4.50. The highest BCUT2D eigenvalue weighted by molar-refractivity contribution is 5.23. The van der Waals surface area contributed by atoms with Gasteiger partial charge in [0.25, 0.3) is 0 Å². The molecule has 0 amide bonds. The zero-order valence-electron chi connectivity index (χ0n) is 13.2. The first-order valence-corrected chi connectivity index (χ1v) is 8.48. The third kappa shape index (κ3) is 4.80. The van der Waals surface area contributed by atoms with Gasteiger partial charge >= 0.3 is 0 Å². The average molecular weight is 288 g/mol. The van der Waals surface area contributed by atoms with E-state index in [0.29, 0.717) is 6.10 Å². The summed E-state index contributed by atoms with van der Waals surface area (Å²) in [4.78, 5) is 2.50. The van der Waals surface area contributed by atoms with E-state index < -0.39 is 0 Å². The summed E-state index contributed by atoms with van der Waals surface area (Å²) >= 11 is 0. The van der Waals surface area contributed by atoms with E-state index in [1.807, 2.05) is 0 Å². The molecule has 1 atom stereocenters. The number of nitrogens with one attached hydrogen (secondary N) is 1. The molecule has 1 heterocycles. The lowest BCUT2D eigenvalue weighted by molar-refractivity contribution is 0.0725. The lowest BCUT2D eigenvalue weighted by Crippen LogP contribution is -2.31. The lowest BCUT2D eigenvalue weighted by Gasteiger charge is -2.24. The highest BCUT2D eigenvalue weighted by Crippen LogP contribution is 2.20. The molecule has 0 radical (unpaired) electrons. The second-order valence-corrected chi connectivity index (χ2v) is 6.44. The highest BCUT2D eigenvalue weighted by Gasteiger charge is 2.20. The normalized spacial score (nSPS) is 22.1. The Balaban J connectivity index is 1.52. The predicted molar refractivity (Wildman–Crippen MR) is 86.2 cm³/mol. The smallest absolute Gasteiger partial charge is 0.0702 e. The lowest BCUT2D eigenvalue weighted by atomic mass is 10.1. The van der Waals surface area contributed by atoms with Crippen LogP contribution < -0.4 is 5.32 Å². The molecule has 3 rings (SSSR count). The van der Waals surface area contributed by atoms with Crippen LogP contribution in [0.3, 0.4) is 0 Å². The molecular weight excluding hydrogens is 260 g/mol. The summed E-state index contributed by atoms with van der Waals surface area (Å²) in [5.74, 6) is 0. The Morgan fingerprint density at radius 3 is 2.81 bits per heavy atom. The molecule has 1 aromatic carbocycles. The fourth-order valence-corrected chi connectivity index (χ4v) is 3.03. The second-order valence-electron chi connectivity index (χ2n) is 6.44. The molecule has 1 unspecified atom stereocenters. The van der Waals surface area contributed by atoms with Gasteiger partial charge in [-0.05, 0) is 43.4 Å². The van der Waals surface area contributed by atoms with Gasteiger partial charge in [-0.25, -0.2) is 0 Å². The summed E-state index contributed by atoms with van der Waals surface area (Å²) in [6, 6.07) is 9.81. The van der Waals surface area contributed by atoms with Crippen molar-refractivity contribution in [2.24, 2.45) is 0 Å². The zero-order chi connectivity index (χ0) is 14.5. The van der Waals surface area contributed by atoms with Crippen LogP contribution in [0.25, 0.3) is 0 Å². The minimum Gasteiger partial charge on any atom is -0.377 e. The number of nitrogens with zero attached hydrogens (tertiary/aromatic N) is 1. The van der Waals surface area contributed by atoms with E-state index in [2.05, 4.69) is 41.4 Å². The predicted octanol–water partition coefficient (Wildman–Crippen LogP) is 2.94. The van der Waals surface area contributed by atoms with Crippen molar-refractivity contribution in [1.82, 2.24) is 10.2 Å². The number of ether oxygens (including phenoxy) is 1. The van der Waals surface area contributed by atoms with E-state index >= 15 is 0 Å². The largest absolute Gasteiger partial charge is 0.377 e. The van der Waals surface area contributed by atoms with Crippen molar-refractivity contribution in [1.29, 1.82) is 0 Å². The van der Waals surface area contributed by atoms with Crippen LogP contribution in [0.5, 0.6) is 0 Å². The maximum Gasteiger partial charge on any atom is 0.0702 e. The van der Waals surface area contributed by atoms with Crippen molar-refractivity contribution in [3.63, 3.8) is 0 Å². The quantitative estimate of drug-likeness (QED) is 0.796. The Hall–Kier alpha value is -0.900. The number of hydrogen-bond donors (Lipinski definition) is 1. The first-order valence-electron chi connectivity index (χ1n) is 8.48. The molecule has 1 N–H and O–H groups in total. The van der Waals surface area contributed by atoms with Crippen LogP contribution in [0.4, 0.5) is 0 Å². The van der Waals surface area contributed by atoms with Crippen LogP contribution in [0, 0.1) is 0 Å². The Bertz CT molecular complexity index is 439. The minimum absolute atomic E-state index is 0.449. The average Bonchev–Trinajstić information content (AvgIpc) is 3.20. The van der Waals surface area contributed by atoms with Crippen molar-refractivity contribution >= 4 is 0 Å². The molecule has 3 nitrogen and oxygen atoms in total. The van der Waals surface area contributed by atoms with Crippen LogP contribution in [0.1, 0.15) is 43.7 Å². The Labute approximate surface area is 128 Å². The number of benzene rings is 1. The van der Waals surface area contributed by atoms with E-state index in [1.165, 1.54) is 36.8 Å². The summed E-state index contributed by atoms with van der Waals surface area (Å²) in [6.07, 6.45) is 5.60. The van der Waals surface area contributed by atoms with Gasteiger partial charge < -0.3 is 10.1 Å². The molecule has 1 saturated heterocycles. The molecule has 116 valence electrons. The highest BCUT2D eigenvalue weighted by atomic mass is 16.5. The van der Waals surface area contributed by atoms with Crippen LogP contribution in [-0.2, 0) is 17.8 Å². The summed E-state index contributed by atoms with van der Waals surface area (Å²) < 4.78 is 5.77. The molecule has 21 heavy (non-hydrogen) atoms. The SMILES string of the molecule is CCN(Cc1cccc(CNC2CC2)c1)CC1CCCO1. The second kappa shape index (κ2) is 7.39. The number of likely N-dealkylation sites (N-methyl/N-ethyl adjacent to an activating group) is 1. The van der Waals surface area contributed by atoms with E-state index in [4.69, 9.17) is 4.74 Å². The van der Waals surface area contributed by atoms with Crippen molar-refractivity contribution in [3.8, 4) is 0 Å². The third-order valence-electron chi connectivity index (χ3n) is 4.50. The molecule has 1 aliphatic heterocycles. The summed E-state index contributed by atoms with van der Waals surface area (Å²) in [6.45, 7) is 7.40. The molecule has 2 aliphatic rings. The number of rotatable bonds is 8. The standard InChI is InChI=1S/C18H28N2O/c1-2-20(14-18-7-4-10-21-18)13-16-6-3-5-15(11-16)12-19-17-8-9-17/h3,5-6,11,17-19H,2,4,7-10,12-14H2,1H3. The van der Waals surface area contributed by atoms with Gasteiger partial charge in [-0.2, -0.15) is 0 Å². The zero-order valence-corrected chi connectivity index (χ0v) is 13.2. The van der Waals surface area contributed by atoms with Gasteiger partial charge in [0.05, 0.1) is 6.10 Å². The summed E-state index contributed by atoms with van der Waals surface area (Å²) in [7, 11) is 0. The van der Waals surface area contributed by atoms with Crippen molar-refractivity contribution in [3.05, 3.63) is 35.4 Å². The van der Waals surface area contributed by atoms with E-state index in [9.17, 15) is 0 Å². The molecule has 2 fully saturated rings. The van der Waals surface area contributed by atoms with Gasteiger partial charge in [0.1, 0.15) is 0 Å². The molecular formula is C18H28N2O. The summed E-state index contributed by atoms with van der Waals surface area (Å²) in [5, 5.41) is 3.59. The Morgan fingerprint density at radius 2 is 2.10 bits per heavy atom. The van der Waals surface area contributed by atoms with Crippen LogP contribution >= 0.6 is 0 Å². The van der Waals surface area contributed by atoms with E-state index in [0.717, 1.165) is 38.8 Å². The molecule has 0 aromatic heterocycles.